The summed E-state index contributed by atoms with van der Waals surface area (Å²) in [5.41, 5.74) is 1.62. The number of amides is 2. The monoisotopic (exact) mass is 368 g/mol. The number of rotatable bonds is 5. The van der Waals surface area contributed by atoms with Gasteiger partial charge in [-0.2, -0.15) is 0 Å². The number of hydrogen-bond donors (Lipinski definition) is 2. The van der Waals surface area contributed by atoms with Crippen molar-refractivity contribution in [2.75, 3.05) is 25.0 Å². The van der Waals surface area contributed by atoms with Gasteiger partial charge in [-0.15, -0.1) is 0 Å². The molecule has 140 valence electrons. The topological polar surface area (TPSA) is 95.9 Å². The number of ether oxygens (including phenoxy) is 1. The van der Waals surface area contributed by atoms with Crippen molar-refractivity contribution in [1.29, 1.82) is 0 Å². The summed E-state index contributed by atoms with van der Waals surface area (Å²) in [5, 5.41) is 11.7. The van der Waals surface area contributed by atoms with Gasteiger partial charge in [0, 0.05) is 29.9 Å². The Labute approximate surface area is 156 Å². The summed E-state index contributed by atoms with van der Waals surface area (Å²) in [6.07, 6.45) is -0.626. The third-order valence-electron chi connectivity index (χ3n) is 4.25. The highest BCUT2D eigenvalue weighted by molar-refractivity contribution is 6.04. The molecule has 1 aliphatic rings. The fourth-order valence-electron chi connectivity index (χ4n) is 2.89. The number of carbonyl (C=O) groups excluding carboxylic acids is 2. The Bertz CT molecular complexity index is 820. The van der Waals surface area contributed by atoms with Crippen LogP contribution in [0.3, 0.4) is 0 Å². The molecular formula is C20H20N2O5. The summed E-state index contributed by atoms with van der Waals surface area (Å²) in [6.45, 7) is 0.980. The normalized spacial score (nSPS) is 16.6. The SMILES string of the molecule is O=C(O)CC1CN(C(=O)c2ccc(NC(=O)c3ccccc3)cc2)CCO1. The van der Waals surface area contributed by atoms with Crippen LogP contribution in [0.1, 0.15) is 27.1 Å². The van der Waals surface area contributed by atoms with E-state index in [4.69, 9.17) is 9.84 Å². The van der Waals surface area contributed by atoms with Crippen molar-refractivity contribution in [2.45, 2.75) is 12.5 Å². The van der Waals surface area contributed by atoms with Crippen LogP contribution in [-0.4, -0.2) is 53.6 Å². The maximum absolute atomic E-state index is 12.6. The lowest BCUT2D eigenvalue weighted by Gasteiger charge is -2.32. The minimum atomic E-state index is -0.951. The molecule has 0 radical (unpaired) electrons. The summed E-state index contributed by atoms with van der Waals surface area (Å²) in [5.74, 6) is -1.36. The van der Waals surface area contributed by atoms with Crippen LogP contribution in [0.2, 0.25) is 0 Å². The summed E-state index contributed by atoms with van der Waals surface area (Å²) < 4.78 is 5.39. The first-order valence-corrected chi connectivity index (χ1v) is 8.62. The Morgan fingerprint density at radius 2 is 1.74 bits per heavy atom. The van der Waals surface area contributed by atoms with Crippen LogP contribution in [-0.2, 0) is 9.53 Å². The van der Waals surface area contributed by atoms with Gasteiger partial charge in [0.2, 0.25) is 0 Å². The van der Waals surface area contributed by atoms with E-state index in [0.29, 0.717) is 30.0 Å². The minimum Gasteiger partial charge on any atom is -0.481 e. The van der Waals surface area contributed by atoms with Gasteiger partial charge in [0.05, 0.1) is 19.1 Å². The number of aliphatic carboxylic acids is 1. The van der Waals surface area contributed by atoms with Crippen LogP contribution in [0.15, 0.2) is 54.6 Å². The van der Waals surface area contributed by atoms with Gasteiger partial charge >= 0.3 is 5.97 Å². The van der Waals surface area contributed by atoms with E-state index in [1.54, 1.807) is 53.4 Å². The summed E-state index contributed by atoms with van der Waals surface area (Å²) >= 11 is 0. The Balaban J connectivity index is 1.62. The van der Waals surface area contributed by atoms with E-state index in [0.717, 1.165) is 0 Å². The maximum atomic E-state index is 12.6. The molecule has 1 atom stereocenters. The van der Waals surface area contributed by atoms with E-state index in [2.05, 4.69) is 5.32 Å². The third kappa shape index (κ3) is 4.92. The highest BCUT2D eigenvalue weighted by atomic mass is 16.5. The van der Waals surface area contributed by atoms with E-state index in [9.17, 15) is 14.4 Å². The second-order valence-electron chi connectivity index (χ2n) is 6.24. The maximum Gasteiger partial charge on any atom is 0.306 e. The van der Waals surface area contributed by atoms with E-state index in [-0.39, 0.29) is 24.8 Å². The van der Waals surface area contributed by atoms with Gasteiger partial charge in [-0.05, 0) is 36.4 Å². The fourth-order valence-corrected chi connectivity index (χ4v) is 2.89. The number of nitrogens with zero attached hydrogens (tertiary/aromatic N) is 1. The highest BCUT2D eigenvalue weighted by Crippen LogP contribution is 2.16. The van der Waals surface area contributed by atoms with E-state index in [1.165, 1.54) is 0 Å². The smallest absolute Gasteiger partial charge is 0.306 e. The molecule has 7 heteroatoms. The molecule has 0 saturated carbocycles. The number of carbonyl (C=O) groups is 3. The van der Waals surface area contributed by atoms with Crippen LogP contribution in [0.4, 0.5) is 5.69 Å². The third-order valence-corrected chi connectivity index (χ3v) is 4.25. The number of carboxylic acid groups (broad SMARTS) is 1. The van der Waals surface area contributed by atoms with Crippen LogP contribution in [0, 0.1) is 0 Å². The standard InChI is InChI=1S/C20H20N2O5/c23-18(24)12-17-13-22(10-11-27-17)20(26)15-6-8-16(9-7-15)21-19(25)14-4-2-1-3-5-14/h1-9,17H,10-13H2,(H,21,25)(H,23,24). The molecule has 0 aromatic heterocycles. The van der Waals surface area contributed by atoms with Crippen molar-refractivity contribution in [3.8, 4) is 0 Å². The first kappa shape index (κ1) is 18.6. The van der Waals surface area contributed by atoms with Crippen LogP contribution in [0.5, 0.6) is 0 Å². The Morgan fingerprint density at radius 3 is 2.41 bits per heavy atom. The average Bonchev–Trinajstić information content (AvgIpc) is 2.68. The first-order valence-electron chi connectivity index (χ1n) is 8.62. The van der Waals surface area contributed by atoms with Gasteiger partial charge in [0.25, 0.3) is 11.8 Å². The first-order chi connectivity index (χ1) is 13.0. The van der Waals surface area contributed by atoms with E-state index in [1.807, 2.05) is 6.07 Å². The molecule has 1 saturated heterocycles. The van der Waals surface area contributed by atoms with Crippen molar-refractivity contribution >= 4 is 23.5 Å². The Hall–Kier alpha value is -3.19. The van der Waals surface area contributed by atoms with Crippen molar-refractivity contribution < 1.29 is 24.2 Å². The lowest BCUT2D eigenvalue weighted by Crippen LogP contribution is -2.46. The second-order valence-corrected chi connectivity index (χ2v) is 6.24. The van der Waals surface area contributed by atoms with Gasteiger partial charge in [0.1, 0.15) is 0 Å². The predicted molar refractivity (Wildman–Crippen MR) is 98.7 cm³/mol. The van der Waals surface area contributed by atoms with Gasteiger partial charge in [0.15, 0.2) is 0 Å². The zero-order chi connectivity index (χ0) is 19.2. The lowest BCUT2D eigenvalue weighted by atomic mass is 10.1. The summed E-state index contributed by atoms with van der Waals surface area (Å²) in [6, 6.07) is 15.5. The molecule has 1 fully saturated rings. The van der Waals surface area contributed by atoms with Crippen LogP contribution in [0.25, 0.3) is 0 Å². The van der Waals surface area contributed by atoms with Gasteiger partial charge in [-0.1, -0.05) is 18.2 Å². The molecule has 7 nitrogen and oxygen atoms in total. The predicted octanol–water partition coefficient (Wildman–Crippen LogP) is 2.25. The molecule has 0 aliphatic carbocycles. The average molecular weight is 368 g/mol. The fraction of sp³-hybridized carbons (Fsp3) is 0.250. The molecule has 2 N–H and O–H groups in total. The summed E-state index contributed by atoms with van der Waals surface area (Å²) in [4.78, 5) is 37.2. The molecule has 1 heterocycles. The number of carboxylic acids is 1. The minimum absolute atomic E-state index is 0.131. The van der Waals surface area contributed by atoms with Gasteiger partial charge < -0.3 is 20.1 Å². The zero-order valence-electron chi connectivity index (χ0n) is 14.6. The molecule has 27 heavy (non-hydrogen) atoms. The molecule has 2 aromatic carbocycles. The van der Waals surface area contributed by atoms with Crippen LogP contribution < -0.4 is 5.32 Å². The quantitative estimate of drug-likeness (QED) is 0.844. The molecule has 0 bridgehead atoms. The summed E-state index contributed by atoms with van der Waals surface area (Å²) in [7, 11) is 0. The molecule has 2 aromatic rings. The second kappa shape index (κ2) is 8.46. The number of morpholine rings is 1. The van der Waals surface area contributed by atoms with Crippen molar-refractivity contribution in [3.05, 3.63) is 65.7 Å². The lowest BCUT2D eigenvalue weighted by molar-refractivity contribution is -0.141. The van der Waals surface area contributed by atoms with E-state index < -0.39 is 12.1 Å². The Kier molecular flexibility index (Phi) is 5.83. The largest absolute Gasteiger partial charge is 0.481 e. The van der Waals surface area contributed by atoms with E-state index >= 15 is 0 Å². The van der Waals surface area contributed by atoms with Crippen molar-refractivity contribution in [2.24, 2.45) is 0 Å². The zero-order valence-corrected chi connectivity index (χ0v) is 14.6. The molecule has 2 amide bonds. The van der Waals surface area contributed by atoms with Crippen molar-refractivity contribution in [3.63, 3.8) is 0 Å². The number of anilines is 1. The van der Waals surface area contributed by atoms with Crippen molar-refractivity contribution in [1.82, 2.24) is 4.90 Å². The van der Waals surface area contributed by atoms with Crippen LogP contribution >= 0.6 is 0 Å². The molecule has 3 rings (SSSR count). The number of nitrogens with one attached hydrogen (secondary N) is 1. The molecule has 1 aliphatic heterocycles. The van der Waals surface area contributed by atoms with Gasteiger partial charge in [-0.25, -0.2) is 0 Å². The molecule has 1 unspecified atom stereocenters. The Morgan fingerprint density at radius 1 is 1.04 bits per heavy atom. The highest BCUT2D eigenvalue weighted by Gasteiger charge is 2.26. The number of hydrogen-bond acceptors (Lipinski definition) is 4. The molecule has 0 spiro atoms. The molecular weight excluding hydrogens is 348 g/mol. The van der Waals surface area contributed by atoms with Gasteiger partial charge in [-0.3, -0.25) is 14.4 Å². The number of benzene rings is 2.